The van der Waals surface area contributed by atoms with Crippen LogP contribution in [0.5, 0.6) is 0 Å². The number of aromatic nitrogens is 2. The monoisotopic (exact) mass is 291 g/mol. The number of alkyl halides is 3. The van der Waals surface area contributed by atoms with E-state index in [0.29, 0.717) is 32.8 Å². The van der Waals surface area contributed by atoms with E-state index in [2.05, 4.69) is 20.7 Å². The van der Waals surface area contributed by atoms with Crippen LogP contribution in [0.2, 0.25) is 0 Å². The van der Waals surface area contributed by atoms with Crippen molar-refractivity contribution in [1.29, 1.82) is 0 Å². The number of nitrogens with one attached hydrogen (secondary N) is 2. The van der Waals surface area contributed by atoms with Gasteiger partial charge in [-0.05, 0) is 6.92 Å². The van der Waals surface area contributed by atoms with E-state index in [9.17, 15) is 13.2 Å². The van der Waals surface area contributed by atoms with Crippen molar-refractivity contribution in [3.8, 4) is 0 Å². The smallest absolute Gasteiger partial charge is 0.379 e. The second-order valence-corrected chi connectivity index (χ2v) is 4.20. The fourth-order valence-electron chi connectivity index (χ4n) is 1.72. The fraction of sp³-hybridized carbons (Fsp3) is 0.636. The van der Waals surface area contributed by atoms with E-state index < -0.39 is 11.9 Å². The van der Waals surface area contributed by atoms with Crippen LogP contribution in [0.1, 0.15) is 12.6 Å². The molecule has 1 aromatic heterocycles. The molecule has 1 aliphatic rings. The highest BCUT2D eigenvalue weighted by Gasteiger charge is 2.34. The van der Waals surface area contributed by atoms with Crippen LogP contribution < -0.4 is 10.7 Å². The molecule has 0 radical (unpaired) electrons. The maximum absolute atomic E-state index is 12.8. The molecule has 1 aromatic rings. The number of hydrazine groups is 1. The number of halogens is 3. The molecule has 2 N–H and O–H groups in total. The molecule has 0 bridgehead atoms. The van der Waals surface area contributed by atoms with Gasteiger partial charge in [0, 0.05) is 25.7 Å². The van der Waals surface area contributed by atoms with Crippen molar-refractivity contribution in [3.63, 3.8) is 0 Å². The molecule has 2 rings (SSSR count). The van der Waals surface area contributed by atoms with Crippen LogP contribution >= 0.6 is 0 Å². The zero-order valence-corrected chi connectivity index (χ0v) is 11.0. The number of rotatable bonds is 4. The van der Waals surface area contributed by atoms with Crippen molar-refractivity contribution < 1.29 is 17.9 Å². The molecule has 112 valence electrons. The van der Waals surface area contributed by atoms with E-state index >= 15 is 0 Å². The summed E-state index contributed by atoms with van der Waals surface area (Å²) in [5, 5.41) is 4.46. The van der Waals surface area contributed by atoms with Crippen molar-refractivity contribution in [3.05, 3.63) is 11.8 Å². The number of hydrogen-bond acceptors (Lipinski definition) is 6. The van der Waals surface area contributed by atoms with Crippen molar-refractivity contribution >= 4 is 11.8 Å². The van der Waals surface area contributed by atoms with Gasteiger partial charge in [-0.2, -0.15) is 18.2 Å². The Morgan fingerprint density at radius 3 is 2.60 bits per heavy atom. The first-order chi connectivity index (χ1) is 9.49. The van der Waals surface area contributed by atoms with Gasteiger partial charge in [0.1, 0.15) is 5.82 Å². The van der Waals surface area contributed by atoms with Crippen molar-refractivity contribution in [2.45, 2.75) is 13.1 Å². The lowest BCUT2D eigenvalue weighted by Crippen LogP contribution is -2.40. The Labute approximate surface area is 114 Å². The zero-order valence-electron chi connectivity index (χ0n) is 11.0. The predicted octanol–water partition coefficient (Wildman–Crippen LogP) is 1.59. The third-order valence-corrected chi connectivity index (χ3v) is 2.64. The highest BCUT2D eigenvalue weighted by molar-refractivity contribution is 5.42. The van der Waals surface area contributed by atoms with Gasteiger partial charge < -0.3 is 15.5 Å². The van der Waals surface area contributed by atoms with Crippen LogP contribution in [-0.4, -0.2) is 47.8 Å². The van der Waals surface area contributed by atoms with Crippen LogP contribution in [-0.2, 0) is 10.9 Å². The third-order valence-electron chi connectivity index (χ3n) is 2.64. The standard InChI is InChI=1S/C11H16F3N5O/c1-2-15-10-16-8(11(12,13)14)7-9(17-10)18-19-3-5-20-6-4-19/h7H,2-6H2,1H3,(H2,15,16,17,18). The Hall–Kier alpha value is -1.61. The maximum atomic E-state index is 12.8. The number of nitrogens with zero attached hydrogens (tertiary/aromatic N) is 3. The summed E-state index contributed by atoms with van der Waals surface area (Å²) in [7, 11) is 0. The second-order valence-electron chi connectivity index (χ2n) is 4.20. The van der Waals surface area contributed by atoms with Crippen molar-refractivity contribution in [2.24, 2.45) is 0 Å². The SMILES string of the molecule is CCNc1nc(NN2CCOCC2)cc(C(F)(F)F)n1. The summed E-state index contributed by atoms with van der Waals surface area (Å²) >= 11 is 0. The predicted molar refractivity (Wildman–Crippen MR) is 67.2 cm³/mol. The van der Waals surface area contributed by atoms with E-state index in [-0.39, 0.29) is 11.8 Å². The molecule has 1 aliphatic heterocycles. The highest BCUT2D eigenvalue weighted by Crippen LogP contribution is 2.29. The number of morpholine rings is 1. The molecule has 6 nitrogen and oxygen atoms in total. The second kappa shape index (κ2) is 6.23. The molecule has 0 aliphatic carbocycles. The summed E-state index contributed by atoms with van der Waals surface area (Å²) in [5.41, 5.74) is 1.88. The van der Waals surface area contributed by atoms with Gasteiger partial charge in [0.05, 0.1) is 13.2 Å². The first kappa shape index (κ1) is 14.8. The van der Waals surface area contributed by atoms with E-state index in [0.717, 1.165) is 6.07 Å². The Balaban J connectivity index is 2.19. The van der Waals surface area contributed by atoms with Crippen LogP contribution in [0.4, 0.5) is 24.9 Å². The van der Waals surface area contributed by atoms with Gasteiger partial charge in [0.25, 0.3) is 0 Å². The maximum Gasteiger partial charge on any atom is 0.433 e. The van der Waals surface area contributed by atoms with Gasteiger partial charge in [0.2, 0.25) is 5.95 Å². The molecule has 20 heavy (non-hydrogen) atoms. The lowest BCUT2D eigenvalue weighted by Gasteiger charge is -2.27. The van der Waals surface area contributed by atoms with Crippen LogP contribution in [0.15, 0.2) is 6.07 Å². The molecule has 0 aromatic carbocycles. The third kappa shape index (κ3) is 3.94. The molecule has 0 saturated carbocycles. The van der Waals surface area contributed by atoms with E-state index in [1.165, 1.54) is 0 Å². The summed E-state index contributed by atoms with van der Waals surface area (Å²) in [5.74, 6) is 0.0725. The number of hydrogen-bond donors (Lipinski definition) is 2. The van der Waals surface area contributed by atoms with E-state index in [4.69, 9.17) is 4.74 Å². The van der Waals surface area contributed by atoms with Gasteiger partial charge in [-0.1, -0.05) is 0 Å². The molecule has 0 spiro atoms. The highest BCUT2D eigenvalue weighted by atomic mass is 19.4. The summed E-state index contributed by atoms with van der Waals surface area (Å²) in [6, 6.07) is 0.899. The lowest BCUT2D eigenvalue weighted by atomic mass is 10.4. The molecule has 0 amide bonds. The summed E-state index contributed by atoms with van der Waals surface area (Å²) in [6.45, 7) is 4.44. The van der Waals surface area contributed by atoms with Gasteiger partial charge in [0.15, 0.2) is 5.69 Å². The van der Waals surface area contributed by atoms with Gasteiger partial charge >= 0.3 is 6.18 Å². The Morgan fingerprint density at radius 2 is 2.00 bits per heavy atom. The van der Waals surface area contributed by atoms with Crippen LogP contribution in [0, 0.1) is 0 Å². The molecule has 9 heteroatoms. The van der Waals surface area contributed by atoms with Crippen molar-refractivity contribution in [2.75, 3.05) is 43.6 Å². The summed E-state index contributed by atoms with van der Waals surface area (Å²) in [6.07, 6.45) is -4.51. The fourth-order valence-corrected chi connectivity index (χ4v) is 1.72. The van der Waals surface area contributed by atoms with Crippen LogP contribution in [0.25, 0.3) is 0 Å². The van der Waals surface area contributed by atoms with Crippen LogP contribution in [0.3, 0.4) is 0 Å². The zero-order chi connectivity index (χ0) is 14.6. The lowest BCUT2D eigenvalue weighted by molar-refractivity contribution is -0.141. The minimum atomic E-state index is -4.51. The van der Waals surface area contributed by atoms with E-state index in [1.54, 1.807) is 11.9 Å². The number of ether oxygens (including phenoxy) is 1. The molecule has 0 unspecified atom stereocenters. The molecule has 0 atom stereocenters. The van der Waals surface area contributed by atoms with E-state index in [1.807, 2.05) is 0 Å². The first-order valence-electron chi connectivity index (χ1n) is 6.28. The Kier molecular flexibility index (Phi) is 4.61. The minimum Gasteiger partial charge on any atom is -0.379 e. The first-order valence-corrected chi connectivity index (χ1v) is 6.28. The Bertz CT molecular complexity index is 448. The molecule has 1 fully saturated rings. The van der Waals surface area contributed by atoms with Crippen molar-refractivity contribution in [1.82, 2.24) is 15.0 Å². The van der Waals surface area contributed by atoms with Gasteiger partial charge in [-0.3, -0.25) is 0 Å². The Morgan fingerprint density at radius 1 is 1.30 bits per heavy atom. The molecular formula is C11H16F3N5O. The normalized spacial score (nSPS) is 17.0. The quantitative estimate of drug-likeness (QED) is 0.878. The van der Waals surface area contributed by atoms with Gasteiger partial charge in [-0.25, -0.2) is 9.99 Å². The summed E-state index contributed by atoms with van der Waals surface area (Å²) < 4.78 is 43.5. The molecule has 1 saturated heterocycles. The molecule has 2 heterocycles. The minimum absolute atomic E-state index is 0.0434. The topological polar surface area (TPSA) is 62.3 Å². The average molecular weight is 291 g/mol. The van der Waals surface area contributed by atoms with Gasteiger partial charge in [-0.15, -0.1) is 0 Å². The molecular weight excluding hydrogens is 275 g/mol. The average Bonchev–Trinajstić information content (AvgIpc) is 2.39. The largest absolute Gasteiger partial charge is 0.433 e. The summed E-state index contributed by atoms with van der Waals surface area (Å²) in [4.78, 5) is 7.47. The number of anilines is 2.